The van der Waals surface area contributed by atoms with Crippen LogP contribution in [0, 0.1) is 0 Å². The maximum atomic E-state index is 12.7. The van der Waals surface area contributed by atoms with Gasteiger partial charge in [-0.1, -0.05) is 6.07 Å². The molecule has 1 aromatic carbocycles. The fraction of sp³-hybridized carbons (Fsp3) is 0.520. The van der Waals surface area contributed by atoms with E-state index in [1.165, 1.54) is 0 Å². The monoisotopic (exact) mass is 454 g/mol. The number of ether oxygens (including phenoxy) is 3. The largest absolute Gasteiger partial charge is 0.493 e. The van der Waals surface area contributed by atoms with Crippen LogP contribution in [0.1, 0.15) is 31.2 Å². The molecule has 0 aliphatic carbocycles. The molecule has 0 spiro atoms. The third-order valence-electron chi connectivity index (χ3n) is 6.59. The maximum absolute atomic E-state index is 12.7. The summed E-state index contributed by atoms with van der Waals surface area (Å²) in [6.45, 7) is 4.13. The number of nitrogens with one attached hydrogen (secondary N) is 1. The summed E-state index contributed by atoms with van der Waals surface area (Å²) in [4.78, 5) is 21.2. The maximum Gasteiger partial charge on any atom is 0.317 e. The normalized spacial score (nSPS) is 18.1. The minimum atomic E-state index is -0.00676. The number of benzene rings is 1. The highest BCUT2D eigenvalue weighted by Gasteiger charge is 2.30. The first kappa shape index (κ1) is 23.2. The molecule has 2 fully saturated rings. The minimum absolute atomic E-state index is 0.00676. The van der Waals surface area contributed by atoms with Gasteiger partial charge >= 0.3 is 6.03 Å². The Morgan fingerprint density at radius 2 is 1.67 bits per heavy atom. The van der Waals surface area contributed by atoms with E-state index in [-0.39, 0.29) is 12.1 Å². The number of methoxy groups -OCH3 is 2. The number of aromatic nitrogens is 1. The number of hydrogen-bond acceptors (Lipinski definition) is 6. The molecule has 0 unspecified atom stereocenters. The number of rotatable bonds is 7. The third kappa shape index (κ3) is 6.07. The highest BCUT2D eigenvalue weighted by atomic mass is 16.5. The molecule has 0 saturated carbocycles. The molecule has 0 radical (unpaired) electrons. The number of amides is 2. The Balaban J connectivity index is 1.18. The number of hydrogen-bond donors (Lipinski definition) is 1. The Labute approximate surface area is 195 Å². The summed E-state index contributed by atoms with van der Waals surface area (Å²) in [5.74, 6) is 2.25. The average molecular weight is 455 g/mol. The van der Waals surface area contributed by atoms with E-state index in [2.05, 4.69) is 15.2 Å². The molecule has 2 saturated heterocycles. The lowest BCUT2D eigenvalue weighted by atomic mass is 9.99. The topological polar surface area (TPSA) is 76.2 Å². The lowest BCUT2D eigenvalue weighted by Crippen LogP contribution is -2.51. The van der Waals surface area contributed by atoms with Crippen molar-refractivity contribution < 1.29 is 19.0 Å². The summed E-state index contributed by atoms with van der Waals surface area (Å²) in [6, 6.07) is 10.1. The van der Waals surface area contributed by atoms with E-state index in [0.29, 0.717) is 24.1 Å². The average Bonchev–Trinajstić information content (AvgIpc) is 2.88. The van der Waals surface area contributed by atoms with Crippen molar-refractivity contribution in [1.29, 1.82) is 0 Å². The van der Waals surface area contributed by atoms with Crippen LogP contribution in [-0.4, -0.2) is 73.4 Å². The number of carbonyl (C=O) groups is 1. The van der Waals surface area contributed by atoms with Crippen LogP contribution in [0.3, 0.4) is 0 Å². The van der Waals surface area contributed by atoms with Gasteiger partial charge in [0.05, 0.1) is 14.2 Å². The molecule has 2 aliphatic heterocycles. The quantitative estimate of drug-likeness (QED) is 0.692. The van der Waals surface area contributed by atoms with Gasteiger partial charge in [0.2, 0.25) is 0 Å². The summed E-state index contributed by atoms with van der Waals surface area (Å²) < 4.78 is 16.7. The number of likely N-dealkylation sites (tertiary alicyclic amines) is 2. The van der Waals surface area contributed by atoms with E-state index in [4.69, 9.17) is 14.2 Å². The van der Waals surface area contributed by atoms with Gasteiger partial charge in [-0.3, -0.25) is 9.88 Å². The molecule has 0 atom stereocenters. The molecule has 2 amide bonds. The molecule has 8 nitrogen and oxygen atoms in total. The highest BCUT2D eigenvalue weighted by Crippen LogP contribution is 2.28. The molecular weight excluding hydrogens is 420 g/mol. The van der Waals surface area contributed by atoms with Crippen molar-refractivity contribution in [1.82, 2.24) is 20.1 Å². The SMILES string of the molecule is COc1ccc(CNC(=O)N2CCC(N3CCC(Oc4ccncc4)CC3)CC2)cc1OC. The van der Waals surface area contributed by atoms with Crippen LogP contribution in [0.5, 0.6) is 17.2 Å². The fourth-order valence-electron chi connectivity index (χ4n) is 4.68. The summed E-state index contributed by atoms with van der Waals surface area (Å²) in [6.07, 6.45) is 7.90. The Hall–Kier alpha value is -3.00. The van der Waals surface area contributed by atoms with Gasteiger partial charge in [0, 0.05) is 51.2 Å². The van der Waals surface area contributed by atoms with Crippen LogP contribution < -0.4 is 19.5 Å². The van der Waals surface area contributed by atoms with Gasteiger partial charge in [0.25, 0.3) is 0 Å². The highest BCUT2D eigenvalue weighted by molar-refractivity contribution is 5.74. The lowest BCUT2D eigenvalue weighted by Gasteiger charge is -2.41. The van der Waals surface area contributed by atoms with Crippen molar-refractivity contribution in [2.75, 3.05) is 40.4 Å². The van der Waals surface area contributed by atoms with Gasteiger partial charge < -0.3 is 24.4 Å². The predicted molar refractivity (Wildman–Crippen MR) is 126 cm³/mol. The van der Waals surface area contributed by atoms with E-state index in [1.54, 1.807) is 26.6 Å². The second-order valence-electron chi connectivity index (χ2n) is 8.60. The van der Waals surface area contributed by atoms with Crippen LogP contribution in [-0.2, 0) is 6.54 Å². The first-order chi connectivity index (χ1) is 16.2. The van der Waals surface area contributed by atoms with Gasteiger partial charge in [-0.25, -0.2) is 4.79 Å². The fourth-order valence-corrected chi connectivity index (χ4v) is 4.68. The Bertz CT molecular complexity index is 895. The van der Waals surface area contributed by atoms with Crippen molar-refractivity contribution in [3.05, 3.63) is 48.3 Å². The molecule has 2 aromatic rings. The minimum Gasteiger partial charge on any atom is -0.493 e. The zero-order chi connectivity index (χ0) is 23.0. The first-order valence-corrected chi connectivity index (χ1v) is 11.7. The van der Waals surface area contributed by atoms with E-state index < -0.39 is 0 Å². The molecule has 1 N–H and O–H groups in total. The Morgan fingerprint density at radius 1 is 0.970 bits per heavy atom. The zero-order valence-electron chi connectivity index (χ0n) is 19.5. The number of nitrogens with zero attached hydrogens (tertiary/aromatic N) is 3. The van der Waals surface area contributed by atoms with E-state index in [1.807, 2.05) is 35.2 Å². The van der Waals surface area contributed by atoms with Gasteiger partial charge in [-0.2, -0.15) is 0 Å². The van der Waals surface area contributed by atoms with Crippen LogP contribution in [0.2, 0.25) is 0 Å². The molecule has 1 aromatic heterocycles. The molecule has 4 rings (SSSR count). The molecule has 33 heavy (non-hydrogen) atoms. The first-order valence-electron chi connectivity index (χ1n) is 11.7. The third-order valence-corrected chi connectivity index (χ3v) is 6.59. The summed E-state index contributed by atoms with van der Waals surface area (Å²) >= 11 is 0. The smallest absolute Gasteiger partial charge is 0.317 e. The number of piperidine rings is 2. The second-order valence-corrected chi connectivity index (χ2v) is 8.60. The van der Waals surface area contributed by atoms with E-state index in [0.717, 1.165) is 63.2 Å². The summed E-state index contributed by atoms with van der Waals surface area (Å²) in [5.41, 5.74) is 0.979. The van der Waals surface area contributed by atoms with Gasteiger partial charge in [0.15, 0.2) is 11.5 Å². The van der Waals surface area contributed by atoms with Gasteiger partial charge in [-0.05, 0) is 55.5 Å². The molecule has 8 heteroatoms. The van der Waals surface area contributed by atoms with Crippen LogP contribution >= 0.6 is 0 Å². The number of pyridine rings is 1. The molecule has 178 valence electrons. The number of urea groups is 1. The zero-order valence-corrected chi connectivity index (χ0v) is 19.5. The van der Waals surface area contributed by atoms with Crippen LogP contribution in [0.25, 0.3) is 0 Å². The molecular formula is C25H34N4O4. The van der Waals surface area contributed by atoms with E-state index in [9.17, 15) is 4.79 Å². The molecule has 2 aliphatic rings. The van der Waals surface area contributed by atoms with Crippen LogP contribution in [0.15, 0.2) is 42.7 Å². The standard InChI is InChI=1S/C25H34N4O4/c1-31-23-4-3-19(17-24(23)32-2)18-27-25(30)29-13-7-20(8-14-29)28-15-9-22(10-16-28)33-21-5-11-26-12-6-21/h3-6,11-12,17,20,22H,7-10,13-16,18H2,1-2H3,(H,27,30). The van der Waals surface area contributed by atoms with Gasteiger partial charge in [0.1, 0.15) is 11.9 Å². The Kier molecular flexibility index (Phi) is 7.88. The predicted octanol–water partition coefficient (Wildman–Crippen LogP) is 3.32. The van der Waals surface area contributed by atoms with Crippen molar-refractivity contribution in [2.24, 2.45) is 0 Å². The molecule has 0 bridgehead atoms. The lowest BCUT2D eigenvalue weighted by molar-refractivity contribution is 0.0535. The number of carbonyl (C=O) groups excluding carboxylic acids is 1. The summed E-state index contributed by atoms with van der Waals surface area (Å²) in [5, 5.41) is 3.04. The second kappa shape index (κ2) is 11.2. The van der Waals surface area contributed by atoms with Gasteiger partial charge in [-0.15, -0.1) is 0 Å². The van der Waals surface area contributed by atoms with Crippen LogP contribution in [0.4, 0.5) is 4.79 Å². The van der Waals surface area contributed by atoms with Crippen molar-refractivity contribution in [3.8, 4) is 17.2 Å². The van der Waals surface area contributed by atoms with Crippen molar-refractivity contribution in [2.45, 2.75) is 44.4 Å². The van der Waals surface area contributed by atoms with E-state index >= 15 is 0 Å². The molecule has 3 heterocycles. The Morgan fingerprint density at radius 3 is 2.33 bits per heavy atom. The van der Waals surface area contributed by atoms with Crippen molar-refractivity contribution >= 4 is 6.03 Å². The van der Waals surface area contributed by atoms with Crippen molar-refractivity contribution in [3.63, 3.8) is 0 Å². The summed E-state index contributed by atoms with van der Waals surface area (Å²) in [7, 11) is 3.22.